The average Bonchev–Trinajstić information content (AvgIpc) is 3.09. The molecule has 5 nitrogen and oxygen atoms in total. The molecule has 0 aliphatic carbocycles. The third-order valence-electron chi connectivity index (χ3n) is 8.28. The summed E-state index contributed by atoms with van der Waals surface area (Å²) in [6.45, 7) is 4.05. The first-order chi connectivity index (χ1) is 23.6. The summed E-state index contributed by atoms with van der Waals surface area (Å²) >= 11 is 0. The van der Waals surface area contributed by atoms with Gasteiger partial charge in [-0.25, -0.2) is 0 Å². The van der Waals surface area contributed by atoms with Crippen molar-refractivity contribution in [1.82, 2.24) is 0 Å². The largest absolute Gasteiger partial charge is 0.462 e. The number of unbranched alkanes of at least 4 members (excludes halogenated alkanes) is 17. The van der Waals surface area contributed by atoms with E-state index in [1.807, 2.05) is 0 Å². The Morgan fingerprint density at radius 1 is 0.479 bits per heavy atom. The lowest BCUT2D eigenvalue weighted by Crippen LogP contribution is -2.28. The first kappa shape index (κ1) is 45.6. The van der Waals surface area contributed by atoms with E-state index >= 15 is 0 Å². The number of esters is 2. The first-order valence-electron chi connectivity index (χ1n) is 19.8. The van der Waals surface area contributed by atoms with E-state index in [4.69, 9.17) is 9.47 Å². The predicted molar refractivity (Wildman–Crippen MR) is 205 cm³/mol. The Kier molecular flexibility index (Phi) is 37.1. The van der Waals surface area contributed by atoms with E-state index in [2.05, 4.69) is 74.6 Å². The summed E-state index contributed by atoms with van der Waals surface area (Å²) in [4.78, 5) is 24.3. The number of allylic oxidation sites excluding steroid dienone is 10. The van der Waals surface area contributed by atoms with Crippen molar-refractivity contribution in [3.05, 3.63) is 60.8 Å². The molecule has 0 aliphatic rings. The molecule has 0 saturated heterocycles. The topological polar surface area (TPSA) is 72.8 Å². The zero-order valence-corrected chi connectivity index (χ0v) is 31.2. The fraction of sp³-hybridized carbons (Fsp3) is 0.721. The van der Waals surface area contributed by atoms with Crippen molar-refractivity contribution in [1.29, 1.82) is 0 Å². The lowest BCUT2D eigenvalue weighted by Gasteiger charge is -2.15. The van der Waals surface area contributed by atoms with E-state index < -0.39 is 6.10 Å². The first-order valence-corrected chi connectivity index (χ1v) is 19.8. The van der Waals surface area contributed by atoms with Gasteiger partial charge >= 0.3 is 11.9 Å². The molecule has 0 spiro atoms. The Hall–Kier alpha value is -2.40. The highest BCUT2D eigenvalue weighted by molar-refractivity contribution is 5.70. The van der Waals surface area contributed by atoms with E-state index in [0.717, 1.165) is 77.0 Å². The number of rotatable bonds is 35. The number of hydrogen-bond donors (Lipinski definition) is 1. The highest BCUT2D eigenvalue weighted by Gasteiger charge is 2.16. The number of aliphatic hydroxyl groups is 1. The normalized spacial score (nSPS) is 12.8. The van der Waals surface area contributed by atoms with Crippen molar-refractivity contribution in [2.75, 3.05) is 13.2 Å². The molecule has 0 rings (SSSR count). The monoisotopic (exact) mass is 671 g/mol. The SMILES string of the molecule is CCCCCC=CCC=CCC=CCCCCCCC(=O)OC[C@H](CO)OC(=O)CCCCCCCCCC=CCC=CCCCCC. The van der Waals surface area contributed by atoms with Crippen LogP contribution >= 0.6 is 0 Å². The Bertz CT molecular complexity index is 853. The minimum Gasteiger partial charge on any atom is -0.462 e. The van der Waals surface area contributed by atoms with E-state index in [1.165, 1.54) is 77.0 Å². The second kappa shape index (κ2) is 39.0. The van der Waals surface area contributed by atoms with Gasteiger partial charge in [-0.05, 0) is 83.5 Å². The van der Waals surface area contributed by atoms with Gasteiger partial charge in [-0.1, -0.05) is 145 Å². The molecule has 0 aliphatic heterocycles. The van der Waals surface area contributed by atoms with Gasteiger partial charge < -0.3 is 14.6 Å². The van der Waals surface area contributed by atoms with Crippen LogP contribution in [0.3, 0.4) is 0 Å². The zero-order chi connectivity index (χ0) is 35.0. The fourth-order valence-corrected chi connectivity index (χ4v) is 5.24. The second-order valence-corrected chi connectivity index (χ2v) is 13.0. The smallest absolute Gasteiger partial charge is 0.306 e. The molecule has 0 aromatic heterocycles. The highest BCUT2D eigenvalue weighted by Crippen LogP contribution is 2.12. The van der Waals surface area contributed by atoms with Crippen LogP contribution in [0.25, 0.3) is 0 Å². The minimum atomic E-state index is -0.786. The predicted octanol–water partition coefficient (Wildman–Crippen LogP) is 12.4. The van der Waals surface area contributed by atoms with Gasteiger partial charge in [-0.2, -0.15) is 0 Å². The van der Waals surface area contributed by atoms with Crippen molar-refractivity contribution in [2.45, 2.75) is 187 Å². The summed E-state index contributed by atoms with van der Waals surface area (Å²) in [7, 11) is 0. The summed E-state index contributed by atoms with van der Waals surface area (Å²) in [5.74, 6) is -0.628. The molecule has 1 atom stereocenters. The molecule has 5 heteroatoms. The van der Waals surface area contributed by atoms with E-state index in [0.29, 0.717) is 12.8 Å². The molecule has 0 bridgehead atoms. The maximum Gasteiger partial charge on any atom is 0.306 e. The molecule has 0 radical (unpaired) electrons. The van der Waals surface area contributed by atoms with Gasteiger partial charge in [0.2, 0.25) is 0 Å². The average molecular weight is 671 g/mol. The van der Waals surface area contributed by atoms with Crippen LogP contribution < -0.4 is 0 Å². The third kappa shape index (κ3) is 36.4. The van der Waals surface area contributed by atoms with Gasteiger partial charge in [-0.15, -0.1) is 0 Å². The van der Waals surface area contributed by atoms with Crippen LogP contribution in [0.5, 0.6) is 0 Å². The summed E-state index contributed by atoms with van der Waals surface area (Å²) < 4.78 is 10.6. The number of ether oxygens (including phenoxy) is 2. The van der Waals surface area contributed by atoms with Crippen molar-refractivity contribution >= 4 is 11.9 Å². The zero-order valence-electron chi connectivity index (χ0n) is 31.2. The highest BCUT2D eigenvalue weighted by atomic mass is 16.6. The van der Waals surface area contributed by atoms with Gasteiger partial charge in [0.1, 0.15) is 6.61 Å². The van der Waals surface area contributed by atoms with Crippen LogP contribution in [0.1, 0.15) is 181 Å². The van der Waals surface area contributed by atoms with Crippen LogP contribution in [0.2, 0.25) is 0 Å². The molecule has 0 aromatic carbocycles. The second-order valence-electron chi connectivity index (χ2n) is 13.0. The van der Waals surface area contributed by atoms with Gasteiger partial charge in [0.15, 0.2) is 6.10 Å². The lowest BCUT2D eigenvalue weighted by molar-refractivity contribution is -0.161. The minimum absolute atomic E-state index is 0.0828. The van der Waals surface area contributed by atoms with Crippen molar-refractivity contribution in [3.63, 3.8) is 0 Å². The van der Waals surface area contributed by atoms with E-state index in [9.17, 15) is 14.7 Å². The molecule has 0 fully saturated rings. The molecule has 0 saturated carbocycles. The van der Waals surface area contributed by atoms with Gasteiger partial charge in [-0.3, -0.25) is 9.59 Å². The Morgan fingerprint density at radius 3 is 1.25 bits per heavy atom. The van der Waals surface area contributed by atoms with Gasteiger partial charge in [0, 0.05) is 12.8 Å². The molecular weight excluding hydrogens is 596 g/mol. The van der Waals surface area contributed by atoms with Crippen molar-refractivity contribution in [3.8, 4) is 0 Å². The molecule has 0 unspecified atom stereocenters. The van der Waals surface area contributed by atoms with E-state index in [-0.39, 0.29) is 25.2 Å². The summed E-state index contributed by atoms with van der Waals surface area (Å²) in [6, 6.07) is 0. The molecule has 0 heterocycles. The maximum atomic E-state index is 12.2. The van der Waals surface area contributed by atoms with Gasteiger partial charge in [0.05, 0.1) is 6.61 Å². The summed E-state index contributed by atoms with van der Waals surface area (Å²) in [6.07, 6.45) is 49.9. The third-order valence-corrected chi connectivity index (χ3v) is 8.28. The number of carbonyl (C=O) groups is 2. The Labute approximate surface area is 296 Å². The number of carbonyl (C=O) groups excluding carboxylic acids is 2. The quantitative estimate of drug-likeness (QED) is 0.0413. The summed E-state index contributed by atoms with van der Waals surface area (Å²) in [5, 5.41) is 9.55. The van der Waals surface area contributed by atoms with Crippen LogP contribution in [-0.4, -0.2) is 36.4 Å². The van der Waals surface area contributed by atoms with Crippen molar-refractivity contribution in [2.24, 2.45) is 0 Å². The van der Waals surface area contributed by atoms with Crippen LogP contribution in [0, 0.1) is 0 Å². The number of hydrogen-bond acceptors (Lipinski definition) is 5. The fourth-order valence-electron chi connectivity index (χ4n) is 5.24. The molecule has 1 N–H and O–H groups in total. The standard InChI is InChI=1S/C43H74O5/c1-3-5-7-9-11-13-15-17-19-21-23-25-27-29-31-33-35-37-42(45)47-40-41(39-44)48-43(46)38-36-34-32-30-28-26-24-22-20-18-16-14-12-10-8-6-4-2/h11-14,17-20,23,25,41,44H,3-10,15-16,21-22,24,26-40H2,1-2H3/t41-/m0/s1. The molecule has 276 valence electrons. The van der Waals surface area contributed by atoms with Crippen molar-refractivity contribution < 1.29 is 24.2 Å². The summed E-state index contributed by atoms with van der Waals surface area (Å²) in [5.41, 5.74) is 0. The Morgan fingerprint density at radius 2 is 0.833 bits per heavy atom. The lowest BCUT2D eigenvalue weighted by atomic mass is 10.1. The maximum absolute atomic E-state index is 12.2. The van der Waals surface area contributed by atoms with Gasteiger partial charge in [0.25, 0.3) is 0 Å². The number of aliphatic hydroxyl groups excluding tert-OH is 1. The Balaban J connectivity index is 3.63. The van der Waals surface area contributed by atoms with Crippen LogP contribution in [0.4, 0.5) is 0 Å². The molecule has 0 aromatic rings. The van der Waals surface area contributed by atoms with Crippen LogP contribution in [0.15, 0.2) is 60.8 Å². The van der Waals surface area contributed by atoms with Crippen LogP contribution in [-0.2, 0) is 19.1 Å². The van der Waals surface area contributed by atoms with E-state index in [1.54, 1.807) is 0 Å². The molecule has 0 amide bonds. The molecule has 48 heavy (non-hydrogen) atoms. The molecular formula is C43H74O5.